The van der Waals surface area contributed by atoms with Crippen LogP contribution in [0.25, 0.3) is 22.3 Å². The summed E-state index contributed by atoms with van der Waals surface area (Å²) in [6, 6.07) is 33.3. The summed E-state index contributed by atoms with van der Waals surface area (Å²) in [6.07, 6.45) is -7.31. The molecule has 0 saturated carbocycles. The zero-order valence-electron chi connectivity index (χ0n) is 28.4. The first kappa shape index (κ1) is 36.7. The van der Waals surface area contributed by atoms with Crippen LogP contribution in [0.3, 0.4) is 0 Å². The number of anilines is 1. The predicted molar refractivity (Wildman–Crippen MR) is 197 cm³/mol. The van der Waals surface area contributed by atoms with Crippen molar-refractivity contribution >= 4 is 15.7 Å². The zero-order valence-corrected chi connectivity index (χ0v) is 29.2. The number of phenols is 1. The van der Waals surface area contributed by atoms with Crippen LogP contribution in [-0.2, 0) is 14.8 Å². The van der Waals surface area contributed by atoms with Gasteiger partial charge in [0.05, 0.1) is 24.4 Å². The molecule has 2 fully saturated rings. The van der Waals surface area contributed by atoms with E-state index in [0.717, 1.165) is 11.1 Å². The second-order valence-corrected chi connectivity index (χ2v) is 15.6. The molecule has 2 heterocycles. The van der Waals surface area contributed by atoms with E-state index in [0.29, 0.717) is 33.5 Å². The number of halogens is 1. The molecule has 276 valence electrons. The van der Waals surface area contributed by atoms with Gasteiger partial charge in [0.25, 0.3) is 0 Å². The molecule has 8 atom stereocenters. The summed E-state index contributed by atoms with van der Waals surface area (Å²) in [7, 11) is -3.92. The third-order valence-corrected chi connectivity index (χ3v) is 12.5. The molecular formula is C41H40FNO9S. The summed E-state index contributed by atoms with van der Waals surface area (Å²) >= 11 is 0. The topological polar surface area (TPSA) is 168 Å². The minimum Gasteiger partial charge on any atom is -0.508 e. The van der Waals surface area contributed by atoms with Crippen molar-refractivity contribution in [2.75, 3.05) is 10.9 Å². The van der Waals surface area contributed by atoms with Gasteiger partial charge in [0.15, 0.2) is 0 Å². The van der Waals surface area contributed by atoms with Gasteiger partial charge in [0, 0.05) is 5.56 Å². The summed E-state index contributed by atoms with van der Waals surface area (Å²) in [5.41, 5.74) is 4.98. The van der Waals surface area contributed by atoms with E-state index in [1.807, 2.05) is 42.5 Å². The Kier molecular flexibility index (Phi) is 10.4. The Morgan fingerprint density at radius 2 is 1.34 bits per heavy atom. The van der Waals surface area contributed by atoms with E-state index in [9.17, 15) is 43.4 Å². The Bertz CT molecular complexity index is 2130. The minimum atomic E-state index is -3.92. The number of aliphatic hydroxyl groups is 5. The Hall–Kier alpha value is -4.66. The fraction of sp³-hybridized carbons (Fsp3) is 0.268. The molecule has 0 aromatic heterocycles. The quantitative estimate of drug-likeness (QED) is 0.113. The van der Waals surface area contributed by atoms with Crippen molar-refractivity contribution in [3.8, 4) is 28.0 Å². The van der Waals surface area contributed by atoms with Crippen molar-refractivity contribution in [2.24, 2.45) is 0 Å². The maximum atomic E-state index is 14.0. The molecule has 5 aromatic rings. The number of aliphatic hydroxyl groups excluding tert-OH is 5. The highest BCUT2D eigenvalue weighted by Gasteiger charge is 2.55. The second-order valence-electron chi connectivity index (χ2n) is 13.5. The van der Waals surface area contributed by atoms with E-state index >= 15 is 0 Å². The minimum absolute atomic E-state index is 0.0742. The van der Waals surface area contributed by atoms with Crippen molar-refractivity contribution in [3.05, 3.63) is 144 Å². The first-order chi connectivity index (χ1) is 25.5. The molecule has 0 radical (unpaired) electrons. The van der Waals surface area contributed by atoms with Gasteiger partial charge < -0.3 is 35.4 Å². The summed E-state index contributed by atoms with van der Waals surface area (Å²) in [4.78, 5) is 0. The molecule has 2 saturated heterocycles. The predicted octanol–water partition coefficient (Wildman–Crippen LogP) is 5.15. The van der Waals surface area contributed by atoms with Crippen LogP contribution in [0.1, 0.15) is 47.8 Å². The van der Waals surface area contributed by atoms with Crippen molar-refractivity contribution in [1.82, 2.24) is 0 Å². The third kappa shape index (κ3) is 7.07. The molecule has 2 aliphatic rings. The van der Waals surface area contributed by atoms with Crippen LogP contribution in [0.2, 0.25) is 0 Å². The zero-order chi connectivity index (χ0) is 37.4. The largest absolute Gasteiger partial charge is 0.508 e. The fourth-order valence-corrected chi connectivity index (χ4v) is 9.44. The van der Waals surface area contributed by atoms with Crippen molar-refractivity contribution in [3.63, 3.8) is 0 Å². The van der Waals surface area contributed by atoms with Gasteiger partial charge in [-0.05, 0) is 76.6 Å². The number of nitrogens with zero attached hydrogens (tertiary/aromatic N) is 1. The first-order valence-corrected chi connectivity index (χ1v) is 18.8. The SMILES string of the molecule is O=S1(=O)[C@@H](CC[C@@H](O)c2ccc(F)cc2)[C@@H](c2ccc(-c3ccc(C4O[C@H](CO)[C@@H](O)[C@H](O)[C@H]4O)cc3)cc2O)N1c1ccc(-c2ccccc2)cc1. The molecule has 5 aromatic carbocycles. The molecule has 12 heteroatoms. The maximum absolute atomic E-state index is 14.0. The molecule has 0 spiro atoms. The average molecular weight is 742 g/mol. The lowest BCUT2D eigenvalue weighted by Gasteiger charge is -2.48. The fourth-order valence-electron chi connectivity index (χ4n) is 7.32. The highest BCUT2D eigenvalue weighted by atomic mass is 32.2. The van der Waals surface area contributed by atoms with Gasteiger partial charge in [-0.25, -0.2) is 12.8 Å². The molecule has 53 heavy (non-hydrogen) atoms. The van der Waals surface area contributed by atoms with E-state index in [4.69, 9.17) is 4.74 Å². The lowest BCUT2D eigenvalue weighted by Crippen LogP contribution is -2.58. The van der Waals surface area contributed by atoms with Gasteiger partial charge in [0.1, 0.15) is 47.3 Å². The monoisotopic (exact) mass is 741 g/mol. The van der Waals surface area contributed by atoms with E-state index in [1.54, 1.807) is 54.6 Å². The number of hydrogen-bond donors (Lipinski definition) is 6. The van der Waals surface area contributed by atoms with Crippen LogP contribution >= 0.6 is 0 Å². The maximum Gasteiger partial charge on any atom is 0.241 e. The van der Waals surface area contributed by atoms with Gasteiger partial charge in [-0.1, -0.05) is 91.0 Å². The number of benzene rings is 5. The molecule has 2 aliphatic heterocycles. The van der Waals surface area contributed by atoms with E-state index in [-0.39, 0.29) is 18.6 Å². The van der Waals surface area contributed by atoms with Gasteiger partial charge in [0.2, 0.25) is 10.0 Å². The van der Waals surface area contributed by atoms with Gasteiger partial charge in [-0.15, -0.1) is 0 Å². The third-order valence-electron chi connectivity index (χ3n) is 10.3. The van der Waals surface area contributed by atoms with Gasteiger partial charge in [-0.2, -0.15) is 0 Å². The lowest BCUT2D eigenvalue weighted by molar-refractivity contribution is -0.231. The highest BCUT2D eigenvalue weighted by Crippen LogP contribution is 2.51. The van der Waals surface area contributed by atoms with Gasteiger partial charge in [-0.3, -0.25) is 4.31 Å². The summed E-state index contributed by atoms with van der Waals surface area (Å²) < 4.78 is 48.5. The van der Waals surface area contributed by atoms with E-state index < -0.39 is 70.4 Å². The molecule has 0 bridgehead atoms. The molecule has 7 rings (SSSR count). The average Bonchev–Trinajstić information content (AvgIpc) is 3.17. The number of aromatic hydroxyl groups is 1. The highest BCUT2D eigenvalue weighted by molar-refractivity contribution is 7.95. The Morgan fingerprint density at radius 1 is 0.736 bits per heavy atom. The Labute approximate surface area is 306 Å². The Morgan fingerprint density at radius 3 is 1.98 bits per heavy atom. The van der Waals surface area contributed by atoms with Crippen molar-refractivity contribution in [2.45, 2.75) is 60.8 Å². The summed E-state index contributed by atoms with van der Waals surface area (Å²) in [5.74, 6) is -0.574. The van der Waals surface area contributed by atoms with Crippen LogP contribution in [0.4, 0.5) is 10.1 Å². The normalized spacial score (nSPS) is 25.8. The molecule has 6 N–H and O–H groups in total. The van der Waals surface area contributed by atoms with Crippen LogP contribution in [-0.4, -0.2) is 75.3 Å². The standard InChI is InChI=1S/C41H40FNO9S/c42-30-15-10-27(11-16-30)33(45)20-21-36-37(43(53(36,50)51)31-17-12-25(13-18-31)24-4-2-1-3-5-24)32-19-14-29(22-34(32)46)26-6-8-28(9-7-26)41-40(49)39(48)38(47)35(23-44)52-41/h1-19,22,33,35-41,44-49H,20-21,23H2/t33-,35-,36+,37-,38-,39+,40-,41?/m1/s1. The van der Waals surface area contributed by atoms with Crippen LogP contribution in [0.5, 0.6) is 5.75 Å². The number of sulfonamides is 1. The van der Waals surface area contributed by atoms with Crippen LogP contribution in [0, 0.1) is 5.82 Å². The lowest BCUT2D eigenvalue weighted by atomic mass is 9.90. The number of hydrogen-bond acceptors (Lipinski definition) is 9. The van der Waals surface area contributed by atoms with E-state index in [1.165, 1.54) is 28.6 Å². The molecule has 0 amide bonds. The Balaban J connectivity index is 1.17. The van der Waals surface area contributed by atoms with Crippen LogP contribution in [0.15, 0.2) is 121 Å². The molecular weight excluding hydrogens is 702 g/mol. The molecule has 1 unspecified atom stereocenters. The number of phenolic OH excluding ortho intramolecular Hbond substituents is 1. The van der Waals surface area contributed by atoms with Gasteiger partial charge >= 0.3 is 0 Å². The molecule has 10 nitrogen and oxygen atoms in total. The summed E-state index contributed by atoms with van der Waals surface area (Å²) in [6.45, 7) is -0.542. The van der Waals surface area contributed by atoms with Crippen molar-refractivity contribution in [1.29, 1.82) is 0 Å². The van der Waals surface area contributed by atoms with E-state index in [2.05, 4.69) is 0 Å². The first-order valence-electron chi connectivity index (χ1n) is 17.3. The number of ether oxygens (including phenoxy) is 1. The smallest absolute Gasteiger partial charge is 0.241 e. The number of rotatable bonds is 10. The van der Waals surface area contributed by atoms with Crippen LogP contribution < -0.4 is 4.31 Å². The molecule has 0 aliphatic carbocycles. The summed E-state index contributed by atoms with van der Waals surface area (Å²) in [5, 5.41) is 61.9. The second kappa shape index (κ2) is 15.0. The van der Waals surface area contributed by atoms with Crippen molar-refractivity contribution < 1.29 is 48.2 Å².